The third-order valence-electron chi connectivity index (χ3n) is 7.25. The van der Waals surface area contributed by atoms with Gasteiger partial charge in [-0.05, 0) is 60.9 Å². The van der Waals surface area contributed by atoms with Crippen molar-refractivity contribution in [1.29, 1.82) is 0 Å². The van der Waals surface area contributed by atoms with Crippen LogP contribution in [0.4, 0.5) is 0 Å². The van der Waals surface area contributed by atoms with E-state index < -0.39 is 5.97 Å². The SMILES string of the molecule is Cc1ccc(-c2c(CC(=O)O)c(C)nc3c2cc(-c2ccnc(-c4ccc5c(cnn5C)c4)c2)n3C)cc1. The molecule has 6 rings (SSSR count). The molecule has 0 spiro atoms. The number of hydrogen-bond acceptors (Lipinski definition) is 4. The zero-order chi connectivity index (χ0) is 26.6. The van der Waals surface area contributed by atoms with Gasteiger partial charge < -0.3 is 9.67 Å². The number of aromatic nitrogens is 5. The van der Waals surface area contributed by atoms with E-state index in [2.05, 4.69) is 69.2 Å². The van der Waals surface area contributed by atoms with Gasteiger partial charge in [-0.2, -0.15) is 5.10 Å². The fraction of sp³-hybridized carbons (Fsp3) is 0.161. The summed E-state index contributed by atoms with van der Waals surface area (Å²) in [5, 5.41) is 16.0. The van der Waals surface area contributed by atoms with Crippen molar-refractivity contribution in [2.45, 2.75) is 20.3 Å². The van der Waals surface area contributed by atoms with Gasteiger partial charge in [0.05, 0.1) is 29.5 Å². The number of nitrogens with zero attached hydrogens (tertiary/aromatic N) is 5. The smallest absolute Gasteiger partial charge is 0.307 e. The molecule has 0 atom stereocenters. The monoisotopic (exact) mass is 501 g/mol. The lowest BCUT2D eigenvalue weighted by Gasteiger charge is -2.14. The molecule has 2 aromatic carbocycles. The van der Waals surface area contributed by atoms with Gasteiger partial charge in [0.1, 0.15) is 5.65 Å². The first kappa shape index (κ1) is 23.6. The van der Waals surface area contributed by atoms with E-state index in [1.54, 1.807) is 0 Å². The van der Waals surface area contributed by atoms with Crippen LogP contribution in [-0.2, 0) is 25.3 Å². The van der Waals surface area contributed by atoms with Crippen LogP contribution in [0.1, 0.15) is 16.8 Å². The molecule has 38 heavy (non-hydrogen) atoms. The Hall–Kier alpha value is -4.78. The van der Waals surface area contributed by atoms with Crippen molar-refractivity contribution in [3.63, 3.8) is 0 Å². The van der Waals surface area contributed by atoms with Gasteiger partial charge in [-0.25, -0.2) is 4.98 Å². The number of carbonyl (C=O) groups is 1. The van der Waals surface area contributed by atoms with E-state index in [0.717, 1.165) is 72.4 Å². The molecule has 7 nitrogen and oxygen atoms in total. The Morgan fingerprint density at radius 1 is 0.921 bits per heavy atom. The molecule has 0 aliphatic carbocycles. The average Bonchev–Trinajstić information content (AvgIpc) is 3.44. The molecule has 0 aliphatic heterocycles. The van der Waals surface area contributed by atoms with Crippen molar-refractivity contribution in [2.75, 3.05) is 0 Å². The summed E-state index contributed by atoms with van der Waals surface area (Å²) < 4.78 is 3.94. The van der Waals surface area contributed by atoms with Gasteiger partial charge in [-0.3, -0.25) is 14.5 Å². The van der Waals surface area contributed by atoms with Crippen LogP contribution in [0.15, 0.2) is 73.1 Å². The van der Waals surface area contributed by atoms with Crippen LogP contribution in [0, 0.1) is 13.8 Å². The minimum Gasteiger partial charge on any atom is -0.481 e. The van der Waals surface area contributed by atoms with Gasteiger partial charge in [-0.15, -0.1) is 0 Å². The fourth-order valence-electron chi connectivity index (χ4n) is 5.25. The second kappa shape index (κ2) is 8.95. The Bertz CT molecular complexity index is 1860. The second-order valence-electron chi connectivity index (χ2n) is 9.78. The van der Waals surface area contributed by atoms with E-state index in [-0.39, 0.29) is 6.42 Å². The summed E-state index contributed by atoms with van der Waals surface area (Å²) in [6, 6.07) is 20.7. The maximum absolute atomic E-state index is 11.8. The van der Waals surface area contributed by atoms with E-state index >= 15 is 0 Å². The minimum absolute atomic E-state index is 0.0849. The molecule has 0 radical (unpaired) electrons. The fourth-order valence-corrected chi connectivity index (χ4v) is 5.25. The highest BCUT2D eigenvalue weighted by molar-refractivity contribution is 6.00. The van der Waals surface area contributed by atoms with E-state index in [1.165, 1.54) is 0 Å². The van der Waals surface area contributed by atoms with Crippen molar-refractivity contribution in [1.82, 2.24) is 24.3 Å². The molecular formula is C31H27N5O2. The lowest BCUT2D eigenvalue weighted by Crippen LogP contribution is -2.07. The number of pyridine rings is 2. The van der Waals surface area contributed by atoms with Crippen molar-refractivity contribution in [3.8, 4) is 33.6 Å². The molecule has 188 valence electrons. The van der Waals surface area contributed by atoms with Crippen LogP contribution in [0.5, 0.6) is 0 Å². The topological polar surface area (TPSA) is 85.8 Å². The third-order valence-corrected chi connectivity index (χ3v) is 7.25. The van der Waals surface area contributed by atoms with Gasteiger partial charge in [-0.1, -0.05) is 35.9 Å². The predicted molar refractivity (Wildman–Crippen MR) is 150 cm³/mol. The minimum atomic E-state index is -0.872. The van der Waals surface area contributed by atoms with Gasteiger partial charge >= 0.3 is 5.97 Å². The van der Waals surface area contributed by atoms with E-state index in [4.69, 9.17) is 4.98 Å². The number of benzene rings is 2. The standard InChI is InChI=1S/C31H27N5O2/c1-18-5-7-20(8-6-18)30-24(16-29(37)38)19(2)34-31-25(30)15-28(35(31)3)22-11-12-32-26(14-22)21-9-10-27-23(13-21)17-33-36(27)4/h5-15,17H,16H2,1-4H3,(H,37,38). The number of carboxylic acid groups (broad SMARTS) is 1. The summed E-state index contributed by atoms with van der Waals surface area (Å²) >= 11 is 0. The Morgan fingerprint density at radius 2 is 1.68 bits per heavy atom. The summed E-state index contributed by atoms with van der Waals surface area (Å²) in [4.78, 5) is 21.3. The predicted octanol–water partition coefficient (Wildman–Crippen LogP) is 6.10. The number of carboxylic acids is 1. The van der Waals surface area contributed by atoms with Crippen LogP contribution in [-0.4, -0.2) is 35.4 Å². The summed E-state index contributed by atoms with van der Waals surface area (Å²) in [6.07, 6.45) is 3.60. The molecule has 7 heteroatoms. The number of aliphatic carboxylic acids is 1. The lowest BCUT2D eigenvalue weighted by atomic mass is 9.93. The molecule has 0 amide bonds. The second-order valence-corrected chi connectivity index (χ2v) is 9.78. The van der Waals surface area contributed by atoms with Crippen LogP contribution in [0.3, 0.4) is 0 Å². The Balaban J connectivity index is 1.54. The quantitative estimate of drug-likeness (QED) is 0.308. The molecule has 1 N–H and O–H groups in total. The van der Waals surface area contributed by atoms with Crippen molar-refractivity contribution < 1.29 is 9.90 Å². The van der Waals surface area contributed by atoms with Gasteiger partial charge in [0.15, 0.2) is 0 Å². The maximum atomic E-state index is 11.8. The molecule has 6 aromatic rings. The van der Waals surface area contributed by atoms with Crippen LogP contribution in [0.25, 0.3) is 55.6 Å². The summed E-state index contributed by atoms with van der Waals surface area (Å²) in [5.74, 6) is -0.872. The lowest BCUT2D eigenvalue weighted by molar-refractivity contribution is -0.136. The third kappa shape index (κ3) is 3.93. The molecule has 4 heterocycles. The van der Waals surface area contributed by atoms with Gasteiger partial charge in [0.2, 0.25) is 0 Å². The molecule has 0 saturated heterocycles. The average molecular weight is 502 g/mol. The largest absolute Gasteiger partial charge is 0.481 e. The maximum Gasteiger partial charge on any atom is 0.307 e. The summed E-state index contributed by atoms with van der Waals surface area (Å²) in [6.45, 7) is 3.93. The highest BCUT2D eigenvalue weighted by Gasteiger charge is 2.21. The van der Waals surface area contributed by atoms with Crippen LogP contribution < -0.4 is 0 Å². The van der Waals surface area contributed by atoms with E-state index in [0.29, 0.717) is 0 Å². The van der Waals surface area contributed by atoms with Crippen molar-refractivity contribution in [3.05, 3.63) is 89.9 Å². The van der Waals surface area contributed by atoms with Crippen LogP contribution in [0.2, 0.25) is 0 Å². The zero-order valence-corrected chi connectivity index (χ0v) is 21.7. The first-order valence-corrected chi connectivity index (χ1v) is 12.5. The van der Waals surface area contributed by atoms with E-state index in [1.807, 2.05) is 51.1 Å². The molecular weight excluding hydrogens is 474 g/mol. The molecule has 0 saturated carbocycles. The molecule has 0 bridgehead atoms. The summed E-state index contributed by atoms with van der Waals surface area (Å²) in [5.41, 5.74) is 10.3. The van der Waals surface area contributed by atoms with Crippen LogP contribution >= 0.6 is 0 Å². The highest BCUT2D eigenvalue weighted by atomic mass is 16.4. The Morgan fingerprint density at radius 3 is 2.45 bits per heavy atom. The molecule has 0 fully saturated rings. The molecule has 0 unspecified atom stereocenters. The number of hydrogen-bond donors (Lipinski definition) is 1. The number of rotatable bonds is 5. The van der Waals surface area contributed by atoms with E-state index in [9.17, 15) is 9.90 Å². The summed E-state index contributed by atoms with van der Waals surface area (Å²) in [7, 11) is 3.94. The number of aryl methyl sites for hydroxylation is 4. The van der Waals surface area contributed by atoms with Gasteiger partial charge in [0, 0.05) is 47.9 Å². The first-order valence-electron chi connectivity index (χ1n) is 12.5. The highest BCUT2D eigenvalue weighted by Crippen LogP contribution is 2.38. The number of fused-ring (bicyclic) bond motifs is 2. The van der Waals surface area contributed by atoms with Crippen molar-refractivity contribution >= 4 is 27.9 Å². The molecule has 0 aliphatic rings. The van der Waals surface area contributed by atoms with Crippen molar-refractivity contribution in [2.24, 2.45) is 14.1 Å². The normalized spacial score (nSPS) is 11.5. The zero-order valence-electron chi connectivity index (χ0n) is 21.7. The Labute approximate surface area is 220 Å². The van der Waals surface area contributed by atoms with Gasteiger partial charge in [0.25, 0.3) is 0 Å². The Kier molecular flexibility index (Phi) is 5.56. The first-order chi connectivity index (χ1) is 18.3. The molecule has 4 aromatic heterocycles.